The third-order valence-corrected chi connectivity index (χ3v) is 12.7. The Morgan fingerprint density at radius 1 is 0.903 bits per heavy atom. The first-order chi connectivity index (χ1) is 29.9. The minimum Gasteiger partial charge on any atom is -0.503 e. The molecule has 3 N–H and O–H groups in total. The van der Waals surface area contributed by atoms with Crippen molar-refractivity contribution in [3.05, 3.63) is 100 Å². The molecule has 0 radical (unpaired) electrons. The van der Waals surface area contributed by atoms with Gasteiger partial charge in [-0.05, 0) is 74.3 Å². The number of aromatic nitrogens is 6. The Balaban J connectivity index is 0.755. The number of nitrogens with zero attached hydrogens (tertiary/aromatic N) is 8. The van der Waals surface area contributed by atoms with Gasteiger partial charge in [0.15, 0.2) is 17.4 Å². The molecule has 5 heterocycles. The Labute approximate surface area is 353 Å². The number of carbonyl (C=O) groups excluding carboxylic acids is 3. The first-order valence-corrected chi connectivity index (χ1v) is 20.9. The van der Waals surface area contributed by atoms with Crippen molar-refractivity contribution in [2.45, 2.75) is 57.0 Å². The largest absolute Gasteiger partial charge is 0.503 e. The number of imidazole rings is 1. The lowest BCUT2D eigenvalue weighted by Gasteiger charge is -2.35. The van der Waals surface area contributed by atoms with E-state index in [1.807, 2.05) is 53.5 Å². The molecule has 3 aromatic heterocycles. The van der Waals surface area contributed by atoms with Crippen LogP contribution in [0.1, 0.15) is 66.5 Å². The van der Waals surface area contributed by atoms with E-state index in [0.29, 0.717) is 18.0 Å². The molecular weight excluding hydrogens is 806 g/mol. The maximum atomic E-state index is 14.1. The van der Waals surface area contributed by atoms with Crippen LogP contribution in [0.25, 0.3) is 33.2 Å². The molecule has 9 rings (SSSR count). The summed E-state index contributed by atoms with van der Waals surface area (Å²) in [6.07, 6.45) is 10.1. The Hall–Kier alpha value is -6.56. The van der Waals surface area contributed by atoms with Gasteiger partial charge >= 0.3 is 5.69 Å². The molecule has 3 aromatic carbocycles. The number of rotatable bonds is 10. The van der Waals surface area contributed by atoms with Crippen LogP contribution in [-0.2, 0) is 23.1 Å². The summed E-state index contributed by atoms with van der Waals surface area (Å²) < 4.78 is 46.7. The third-order valence-electron chi connectivity index (χ3n) is 12.7. The summed E-state index contributed by atoms with van der Waals surface area (Å²) in [5, 5.41) is 20.1. The molecule has 2 aliphatic heterocycles. The van der Waals surface area contributed by atoms with Crippen molar-refractivity contribution < 1.29 is 32.7 Å². The van der Waals surface area contributed by atoms with Crippen molar-refractivity contribution in [3.63, 3.8) is 0 Å². The van der Waals surface area contributed by atoms with Gasteiger partial charge in [0.05, 0.1) is 46.2 Å². The zero-order chi connectivity index (χ0) is 43.2. The van der Waals surface area contributed by atoms with E-state index in [-0.39, 0.29) is 36.5 Å². The van der Waals surface area contributed by atoms with Gasteiger partial charge in [-0.3, -0.25) is 43.4 Å². The zero-order valence-electron chi connectivity index (χ0n) is 34.0. The number of phenolic OH excluding ortho intramolecular Hbond substituents is 1. The topological polar surface area (TPSA) is 173 Å². The number of halogens is 3. The Morgan fingerprint density at radius 3 is 2.44 bits per heavy atom. The first-order valence-electron chi connectivity index (χ1n) is 20.9. The summed E-state index contributed by atoms with van der Waals surface area (Å²) in [6.45, 7) is 4.41. The molecule has 3 amide bonds. The van der Waals surface area contributed by atoms with Crippen molar-refractivity contribution in [3.8, 4) is 17.0 Å². The van der Waals surface area contributed by atoms with Gasteiger partial charge in [0, 0.05) is 69.9 Å². The highest BCUT2D eigenvalue weighted by atomic mass is 19.2. The van der Waals surface area contributed by atoms with Gasteiger partial charge in [-0.1, -0.05) is 18.2 Å². The number of piperazine rings is 1. The Bertz CT molecular complexity index is 2770. The number of nitrogens with one attached hydrogen (secondary N) is 2. The summed E-state index contributed by atoms with van der Waals surface area (Å²) in [5.41, 5.74) is 3.96. The van der Waals surface area contributed by atoms with E-state index in [0.717, 1.165) is 104 Å². The van der Waals surface area contributed by atoms with Crippen LogP contribution in [0.5, 0.6) is 5.75 Å². The lowest BCUT2D eigenvalue weighted by Crippen LogP contribution is -2.47. The molecule has 18 heteroatoms. The number of piperidine rings is 1. The smallest absolute Gasteiger partial charge is 0.329 e. The van der Waals surface area contributed by atoms with Gasteiger partial charge in [0.2, 0.25) is 17.6 Å². The van der Waals surface area contributed by atoms with E-state index in [1.165, 1.54) is 4.57 Å². The lowest BCUT2D eigenvalue weighted by molar-refractivity contribution is -0.135. The van der Waals surface area contributed by atoms with Gasteiger partial charge in [-0.15, -0.1) is 0 Å². The fraction of sp³-hybridized carbons (Fsp3) is 0.386. The second-order valence-corrected chi connectivity index (χ2v) is 16.5. The number of carbonyl (C=O) groups is 3. The molecule has 0 spiro atoms. The number of imide groups is 1. The molecule has 1 saturated carbocycles. The third kappa shape index (κ3) is 7.89. The monoisotopic (exact) mass is 850 g/mol. The molecule has 3 fully saturated rings. The molecule has 6 aromatic rings. The molecule has 3 aliphatic rings. The highest BCUT2D eigenvalue weighted by Gasteiger charge is 2.32. The number of aryl methyl sites for hydroxylation is 1. The number of amides is 3. The Morgan fingerprint density at radius 2 is 1.69 bits per heavy atom. The van der Waals surface area contributed by atoms with Gasteiger partial charge < -0.3 is 15.3 Å². The maximum Gasteiger partial charge on any atom is 0.329 e. The van der Waals surface area contributed by atoms with Crippen molar-refractivity contribution >= 4 is 45.5 Å². The predicted molar refractivity (Wildman–Crippen MR) is 223 cm³/mol. The average molecular weight is 851 g/mol. The molecule has 1 aliphatic carbocycles. The van der Waals surface area contributed by atoms with E-state index in [4.69, 9.17) is 15.1 Å². The number of anilines is 1. The number of hydrogen-bond donors (Lipinski definition) is 3. The quantitative estimate of drug-likeness (QED) is 0.129. The number of aromatic hydroxyl groups is 1. The molecule has 15 nitrogen and oxygen atoms in total. The molecule has 62 heavy (non-hydrogen) atoms. The van der Waals surface area contributed by atoms with Crippen LogP contribution in [-0.4, -0.2) is 95.9 Å². The van der Waals surface area contributed by atoms with Crippen LogP contribution in [0, 0.1) is 23.4 Å². The molecule has 2 saturated heterocycles. The van der Waals surface area contributed by atoms with Gasteiger partial charge in [-0.2, -0.15) is 9.49 Å². The summed E-state index contributed by atoms with van der Waals surface area (Å²) >= 11 is 0. The summed E-state index contributed by atoms with van der Waals surface area (Å²) in [6, 6.07) is 11.9. The lowest BCUT2D eigenvalue weighted by atomic mass is 9.86. The summed E-state index contributed by atoms with van der Waals surface area (Å²) in [4.78, 5) is 64.0. The average Bonchev–Trinajstić information content (AvgIpc) is 3.83. The molecule has 322 valence electrons. The summed E-state index contributed by atoms with van der Waals surface area (Å²) in [7, 11) is 1.71. The number of hydrogen-bond acceptors (Lipinski definition) is 10. The van der Waals surface area contributed by atoms with E-state index >= 15 is 0 Å². The molecule has 0 bridgehead atoms. The van der Waals surface area contributed by atoms with Crippen LogP contribution < -0.4 is 21.2 Å². The number of fused-ring (bicyclic) bond motifs is 2. The van der Waals surface area contributed by atoms with Crippen LogP contribution >= 0.6 is 0 Å². The first kappa shape index (κ1) is 40.8. The fourth-order valence-corrected chi connectivity index (χ4v) is 8.99. The van der Waals surface area contributed by atoms with Crippen molar-refractivity contribution in [1.29, 1.82) is 0 Å². The van der Waals surface area contributed by atoms with Crippen molar-refractivity contribution in [1.82, 2.24) is 44.4 Å². The van der Waals surface area contributed by atoms with Crippen molar-refractivity contribution in [2.24, 2.45) is 13.0 Å². The van der Waals surface area contributed by atoms with E-state index < -0.39 is 46.6 Å². The van der Waals surface area contributed by atoms with Crippen LogP contribution in [0.4, 0.5) is 19.0 Å². The SMILES string of the molecule is Cn1c(=O)n([C@@H]2CCC(=O)NC2=O)c2ccc(CCN3CCN(c4cnc(-c5ccc6cn(C7CCC(CNC(=O)c8cc(F)c(O)c(F)c8F)CC7)nc6c5)cn4)CC3)cc21. The minimum atomic E-state index is -1.79. The van der Waals surface area contributed by atoms with Crippen LogP contribution in [0.3, 0.4) is 0 Å². The van der Waals surface area contributed by atoms with Gasteiger partial charge in [0.25, 0.3) is 5.91 Å². The number of phenols is 1. The number of benzene rings is 3. The maximum absolute atomic E-state index is 14.1. The van der Waals surface area contributed by atoms with Gasteiger partial charge in [0.1, 0.15) is 11.9 Å². The highest BCUT2D eigenvalue weighted by Crippen LogP contribution is 2.34. The standard InChI is InChI=1S/C44H45F3N10O5/c1-53-36-18-25(4-9-34(36)57(44(53)62)35-10-11-38(58)51-43(35)61)12-13-54-14-16-55(17-15-54)37-23-48-33(22-49-37)27-5-6-28-24-56(52-32(28)19-27)29-7-2-26(3-8-29)21-50-42(60)30-20-31(45)41(59)40(47)39(30)46/h4-6,9,18-20,22-24,26,29,35,59H,2-3,7-8,10-17,21H2,1H3,(H,50,60)(H,51,58,61)/t26?,29?,35-/m1/s1. The van der Waals surface area contributed by atoms with Crippen molar-refractivity contribution in [2.75, 3.05) is 44.2 Å². The van der Waals surface area contributed by atoms with Crippen LogP contribution in [0.15, 0.2) is 65.8 Å². The summed E-state index contributed by atoms with van der Waals surface area (Å²) in [5.74, 6) is -7.00. The Kier molecular flexibility index (Phi) is 11.0. The predicted octanol–water partition coefficient (Wildman–Crippen LogP) is 4.77. The van der Waals surface area contributed by atoms with Gasteiger partial charge in [-0.25, -0.2) is 18.6 Å². The molecule has 0 unspecified atom stereocenters. The van der Waals surface area contributed by atoms with Crippen LogP contribution in [0.2, 0.25) is 0 Å². The van der Waals surface area contributed by atoms with E-state index in [1.54, 1.807) is 17.8 Å². The fourth-order valence-electron chi connectivity index (χ4n) is 8.99. The second kappa shape index (κ2) is 16.7. The second-order valence-electron chi connectivity index (χ2n) is 16.5. The molecule has 1 atom stereocenters. The highest BCUT2D eigenvalue weighted by molar-refractivity contribution is 6.00. The molecular formula is C44H45F3N10O5. The van der Waals surface area contributed by atoms with E-state index in [2.05, 4.69) is 20.4 Å². The normalized spacial score (nSPS) is 19.9. The minimum absolute atomic E-state index is 0.106. The zero-order valence-corrected chi connectivity index (χ0v) is 34.0. The van der Waals surface area contributed by atoms with E-state index in [9.17, 15) is 37.5 Å².